The van der Waals surface area contributed by atoms with Gasteiger partial charge in [0, 0.05) is 57.8 Å². The van der Waals surface area contributed by atoms with E-state index in [-0.39, 0.29) is 23.4 Å². The fraction of sp³-hybridized carbons (Fsp3) is 0.875. The minimum atomic E-state index is -0.106. The average molecular weight is 446 g/mol. The second-order valence-corrected chi connectivity index (χ2v) is 11.1. The van der Waals surface area contributed by atoms with E-state index in [1.54, 1.807) is 0 Å². The van der Waals surface area contributed by atoms with Crippen molar-refractivity contribution in [1.82, 2.24) is 25.3 Å². The molecule has 4 amide bonds. The summed E-state index contributed by atoms with van der Waals surface area (Å²) in [5.41, 5.74) is 0.00563. The van der Waals surface area contributed by atoms with Gasteiger partial charge < -0.3 is 20.4 Å². The predicted molar refractivity (Wildman–Crippen MR) is 121 cm³/mol. The van der Waals surface area contributed by atoms with Gasteiger partial charge in [-0.25, -0.2) is 4.79 Å². The van der Waals surface area contributed by atoms with Crippen molar-refractivity contribution in [3.8, 4) is 0 Å². The Kier molecular flexibility index (Phi) is 6.32. The van der Waals surface area contributed by atoms with Crippen molar-refractivity contribution in [3.63, 3.8) is 0 Å². The second kappa shape index (κ2) is 9.20. The van der Waals surface area contributed by atoms with Crippen LogP contribution in [0.15, 0.2) is 0 Å². The van der Waals surface area contributed by atoms with Crippen LogP contribution in [0.1, 0.15) is 57.8 Å². The number of rotatable bonds is 6. The number of nitrogens with zero attached hydrogens (tertiary/aromatic N) is 3. The minimum absolute atomic E-state index is 0.00563. The van der Waals surface area contributed by atoms with Gasteiger partial charge in [0.05, 0.1) is 6.54 Å². The van der Waals surface area contributed by atoms with Crippen LogP contribution in [0, 0.1) is 17.8 Å². The van der Waals surface area contributed by atoms with E-state index in [4.69, 9.17) is 0 Å². The Bertz CT molecular complexity index is 692. The van der Waals surface area contributed by atoms with Crippen molar-refractivity contribution < 1.29 is 14.4 Å². The van der Waals surface area contributed by atoms with Gasteiger partial charge in [0.15, 0.2) is 0 Å². The first kappa shape index (κ1) is 22.0. The van der Waals surface area contributed by atoms with Gasteiger partial charge in [-0.2, -0.15) is 0 Å². The van der Waals surface area contributed by atoms with Gasteiger partial charge in [-0.1, -0.05) is 0 Å². The summed E-state index contributed by atoms with van der Waals surface area (Å²) in [6.45, 7) is 5.42. The van der Waals surface area contributed by atoms with E-state index in [9.17, 15) is 14.4 Å². The number of hydrogen-bond acceptors (Lipinski definition) is 4. The van der Waals surface area contributed by atoms with E-state index in [0.29, 0.717) is 32.6 Å². The van der Waals surface area contributed by atoms with Crippen molar-refractivity contribution in [3.05, 3.63) is 0 Å². The molecule has 4 bridgehead atoms. The highest BCUT2D eigenvalue weighted by molar-refractivity contribution is 5.79. The normalized spacial score (nSPS) is 34.1. The largest absolute Gasteiger partial charge is 0.342 e. The van der Waals surface area contributed by atoms with E-state index in [0.717, 1.165) is 76.0 Å². The summed E-state index contributed by atoms with van der Waals surface area (Å²) >= 11 is 0. The maximum absolute atomic E-state index is 12.6. The zero-order valence-corrected chi connectivity index (χ0v) is 19.3. The third-order valence-corrected chi connectivity index (χ3v) is 8.58. The summed E-state index contributed by atoms with van der Waals surface area (Å²) in [7, 11) is 0. The minimum Gasteiger partial charge on any atom is -0.342 e. The number of piperazine rings is 1. The van der Waals surface area contributed by atoms with Crippen molar-refractivity contribution in [1.29, 1.82) is 0 Å². The van der Waals surface area contributed by atoms with Crippen molar-refractivity contribution in [2.24, 2.45) is 17.8 Å². The lowest BCUT2D eigenvalue weighted by molar-refractivity contribution is -0.134. The molecular weight excluding hydrogens is 406 g/mol. The lowest BCUT2D eigenvalue weighted by Gasteiger charge is -2.56. The number of carbonyl (C=O) groups excluding carboxylic acids is 3. The molecule has 2 heterocycles. The number of urea groups is 1. The molecule has 2 N–H and O–H groups in total. The fourth-order valence-corrected chi connectivity index (χ4v) is 7.40. The Labute approximate surface area is 191 Å². The maximum Gasteiger partial charge on any atom is 0.315 e. The fourth-order valence-electron chi connectivity index (χ4n) is 7.40. The Hall–Kier alpha value is -1.83. The van der Waals surface area contributed by atoms with Crippen LogP contribution in [0.3, 0.4) is 0 Å². The molecular formula is C24H39N5O3. The van der Waals surface area contributed by atoms with Gasteiger partial charge in [-0.3, -0.25) is 14.5 Å². The first-order valence-electron chi connectivity index (χ1n) is 12.8. The molecule has 0 spiro atoms. The molecule has 6 fully saturated rings. The Morgan fingerprint density at radius 2 is 1.31 bits per heavy atom. The topological polar surface area (TPSA) is 85.0 Å². The number of amides is 4. The lowest BCUT2D eigenvalue weighted by Crippen LogP contribution is -2.61. The monoisotopic (exact) mass is 445 g/mol. The molecule has 178 valence electrons. The lowest BCUT2D eigenvalue weighted by atomic mass is 9.53. The zero-order valence-electron chi connectivity index (χ0n) is 19.3. The maximum atomic E-state index is 12.6. The van der Waals surface area contributed by atoms with Crippen molar-refractivity contribution >= 4 is 17.8 Å². The van der Waals surface area contributed by atoms with E-state index in [1.807, 2.05) is 9.80 Å². The van der Waals surface area contributed by atoms with Crippen LogP contribution in [0.4, 0.5) is 4.79 Å². The quantitative estimate of drug-likeness (QED) is 0.648. The molecule has 6 rings (SSSR count). The number of nitrogens with one attached hydrogen (secondary N) is 2. The molecule has 2 saturated heterocycles. The number of likely N-dealkylation sites (tertiary alicyclic amines) is 1. The Morgan fingerprint density at radius 3 is 1.91 bits per heavy atom. The van der Waals surface area contributed by atoms with E-state index < -0.39 is 0 Å². The van der Waals surface area contributed by atoms with E-state index in [2.05, 4.69) is 15.5 Å². The van der Waals surface area contributed by atoms with Gasteiger partial charge in [-0.15, -0.1) is 0 Å². The van der Waals surface area contributed by atoms with Gasteiger partial charge >= 0.3 is 6.03 Å². The third kappa shape index (κ3) is 4.90. The standard InChI is InChI=1S/C24H39N5O3/c30-21(29-9-7-27(8-10-29)17-22(31)28-5-1-2-6-28)3-4-25-23(32)26-24-14-18-11-19(15-24)13-20(12-18)16-24/h18-20H,1-17H2,(H2,25,26,32). The van der Waals surface area contributed by atoms with Crippen molar-refractivity contribution in [2.45, 2.75) is 63.3 Å². The SMILES string of the molecule is O=C(NCCC(=O)N1CCN(CC(=O)N2CCCC2)CC1)NC12CC3CC(CC(C3)C1)C2. The number of hydrogen-bond donors (Lipinski definition) is 2. The summed E-state index contributed by atoms with van der Waals surface area (Å²) in [5.74, 6) is 2.70. The molecule has 0 radical (unpaired) electrons. The van der Waals surface area contributed by atoms with Crippen LogP contribution in [0.5, 0.6) is 0 Å². The molecule has 0 unspecified atom stereocenters. The molecule has 0 atom stereocenters. The molecule has 2 aliphatic heterocycles. The summed E-state index contributed by atoms with van der Waals surface area (Å²) in [4.78, 5) is 43.4. The summed E-state index contributed by atoms with van der Waals surface area (Å²) in [5, 5.41) is 6.24. The molecule has 8 heteroatoms. The molecule has 4 aliphatic carbocycles. The summed E-state index contributed by atoms with van der Waals surface area (Å²) in [6, 6.07) is -0.106. The van der Waals surface area contributed by atoms with Crippen LogP contribution in [0.25, 0.3) is 0 Å². The van der Waals surface area contributed by atoms with Crippen LogP contribution < -0.4 is 10.6 Å². The highest BCUT2D eigenvalue weighted by atomic mass is 16.2. The predicted octanol–water partition coefficient (Wildman–Crippen LogP) is 1.41. The van der Waals surface area contributed by atoms with Crippen LogP contribution in [0.2, 0.25) is 0 Å². The molecule has 6 aliphatic rings. The Balaban J connectivity index is 0.989. The number of carbonyl (C=O) groups is 3. The summed E-state index contributed by atoms with van der Waals surface area (Å²) in [6.07, 6.45) is 10.0. The zero-order chi connectivity index (χ0) is 22.1. The first-order chi connectivity index (χ1) is 15.5. The second-order valence-electron chi connectivity index (χ2n) is 11.1. The molecule has 4 saturated carbocycles. The highest BCUT2D eigenvalue weighted by Gasteiger charge is 2.51. The average Bonchev–Trinajstić information content (AvgIpc) is 3.28. The van der Waals surface area contributed by atoms with Gasteiger partial charge in [0.25, 0.3) is 0 Å². The van der Waals surface area contributed by atoms with Gasteiger partial charge in [0.1, 0.15) is 0 Å². The molecule has 0 aromatic carbocycles. The van der Waals surface area contributed by atoms with Gasteiger partial charge in [-0.05, 0) is 69.1 Å². The van der Waals surface area contributed by atoms with Gasteiger partial charge in [0.2, 0.25) is 11.8 Å². The van der Waals surface area contributed by atoms with E-state index >= 15 is 0 Å². The summed E-state index contributed by atoms with van der Waals surface area (Å²) < 4.78 is 0. The third-order valence-electron chi connectivity index (χ3n) is 8.58. The molecule has 0 aromatic rings. The Morgan fingerprint density at radius 1 is 0.750 bits per heavy atom. The smallest absolute Gasteiger partial charge is 0.315 e. The molecule has 32 heavy (non-hydrogen) atoms. The van der Waals surface area contributed by atoms with Crippen LogP contribution in [-0.4, -0.2) is 90.4 Å². The highest BCUT2D eigenvalue weighted by Crippen LogP contribution is 2.55. The molecule has 8 nitrogen and oxygen atoms in total. The molecule has 0 aromatic heterocycles. The van der Waals surface area contributed by atoms with E-state index in [1.165, 1.54) is 19.3 Å². The first-order valence-corrected chi connectivity index (χ1v) is 12.8. The van der Waals surface area contributed by atoms with Crippen LogP contribution in [-0.2, 0) is 9.59 Å². The van der Waals surface area contributed by atoms with Crippen molar-refractivity contribution in [2.75, 3.05) is 52.4 Å². The van der Waals surface area contributed by atoms with Crippen LogP contribution >= 0.6 is 0 Å².